The van der Waals surface area contributed by atoms with Crippen LogP contribution >= 0.6 is 0 Å². The molecule has 0 N–H and O–H groups in total. The number of rotatable bonds is 2. The zero-order valence-corrected chi connectivity index (χ0v) is 13.5. The summed E-state index contributed by atoms with van der Waals surface area (Å²) in [6.45, 7) is 4.28. The molecule has 116 valence electrons. The number of carbonyl (C=O) groups excluding carboxylic acids is 1. The highest BCUT2D eigenvalue weighted by Crippen LogP contribution is 2.31. The van der Waals surface area contributed by atoms with Crippen molar-refractivity contribution in [1.29, 1.82) is 0 Å². The van der Waals surface area contributed by atoms with Gasteiger partial charge >= 0.3 is 0 Å². The van der Waals surface area contributed by atoms with Crippen LogP contribution in [-0.2, 0) is 0 Å². The number of nitrogens with zero attached hydrogens (tertiary/aromatic N) is 1. The maximum atomic E-state index is 13.1. The van der Waals surface area contributed by atoms with Gasteiger partial charge in [-0.2, -0.15) is 0 Å². The van der Waals surface area contributed by atoms with Gasteiger partial charge in [0.25, 0.3) is 5.91 Å². The molecule has 0 aromatic heterocycles. The molecule has 1 fully saturated rings. The van der Waals surface area contributed by atoms with Crippen molar-refractivity contribution in [3.8, 4) is 5.75 Å². The number of hydrogen-bond acceptors (Lipinski definition) is 2. The Morgan fingerprint density at radius 2 is 1.68 bits per heavy atom. The lowest BCUT2D eigenvalue weighted by molar-refractivity contribution is 0.0508. The van der Waals surface area contributed by atoms with E-state index in [1.165, 1.54) is 6.42 Å². The molecule has 2 atom stereocenters. The molecule has 1 saturated heterocycles. The van der Waals surface area contributed by atoms with Crippen LogP contribution in [0.4, 0.5) is 0 Å². The molecule has 22 heavy (non-hydrogen) atoms. The molecule has 0 radical (unpaired) electrons. The van der Waals surface area contributed by atoms with E-state index in [1.807, 2.05) is 41.3 Å². The van der Waals surface area contributed by atoms with Gasteiger partial charge in [0.1, 0.15) is 5.75 Å². The topological polar surface area (TPSA) is 29.5 Å². The first kappa shape index (κ1) is 14.9. The van der Waals surface area contributed by atoms with E-state index in [0.29, 0.717) is 11.3 Å². The van der Waals surface area contributed by atoms with Gasteiger partial charge in [0.05, 0.1) is 12.7 Å². The monoisotopic (exact) mass is 297 g/mol. The molecule has 0 aliphatic carbocycles. The summed E-state index contributed by atoms with van der Waals surface area (Å²) < 4.78 is 5.49. The summed E-state index contributed by atoms with van der Waals surface area (Å²) >= 11 is 0. The minimum absolute atomic E-state index is 0.0855. The second kappa shape index (κ2) is 5.99. The number of amides is 1. The smallest absolute Gasteiger partial charge is 0.258 e. The molecular weight excluding hydrogens is 274 g/mol. The van der Waals surface area contributed by atoms with E-state index in [0.717, 1.165) is 23.6 Å². The van der Waals surface area contributed by atoms with E-state index in [4.69, 9.17) is 4.74 Å². The van der Waals surface area contributed by atoms with Crippen molar-refractivity contribution in [2.75, 3.05) is 7.11 Å². The summed E-state index contributed by atoms with van der Waals surface area (Å²) in [7, 11) is 1.63. The van der Waals surface area contributed by atoms with E-state index < -0.39 is 0 Å². The molecule has 0 unspecified atom stereocenters. The van der Waals surface area contributed by atoms with Crippen LogP contribution in [0.15, 0.2) is 36.4 Å². The fourth-order valence-electron chi connectivity index (χ4n) is 3.52. The third-order valence-electron chi connectivity index (χ3n) is 4.73. The lowest BCUT2D eigenvalue weighted by atomic mass is 9.95. The predicted molar refractivity (Wildman–Crippen MR) is 89.4 cm³/mol. The Labute approximate surface area is 131 Å². The lowest BCUT2D eigenvalue weighted by Gasteiger charge is -2.39. The number of piperidine rings is 1. The van der Waals surface area contributed by atoms with Crippen molar-refractivity contribution in [2.45, 2.75) is 45.2 Å². The number of fused-ring (bicyclic) bond motifs is 1. The molecule has 1 aliphatic rings. The zero-order valence-electron chi connectivity index (χ0n) is 13.5. The summed E-state index contributed by atoms with van der Waals surface area (Å²) in [5.41, 5.74) is 0.668. The van der Waals surface area contributed by atoms with Crippen molar-refractivity contribution in [3.63, 3.8) is 0 Å². The summed E-state index contributed by atoms with van der Waals surface area (Å²) in [5.74, 6) is 0.746. The molecule has 2 aromatic rings. The van der Waals surface area contributed by atoms with Crippen LogP contribution in [0.5, 0.6) is 5.75 Å². The Morgan fingerprint density at radius 1 is 1.09 bits per heavy atom. The number of benzene rings is 2. The van der Waals surface area contributed by atoms with Gasteiger partial charge in [0.15, 0.2) is 0 Å². The van der Waals surface area contributed by atoms with Gasteiger partial charge in [-0.25, -0.2) is 0 Å². The van der Waals surface area contributed by atoms with Gasteiger partial charge in [-0.3, -0.25) is 4.79 Å². The predicted octanol–water partition coefficient (Wildman–Crippen LogP) is 4.25. The number of hydrogen-bond donors (Lipinski definition) is 0. The van der Waals surface area contributed by atoms with E-state index in [1.54, 1.807) is 7.11 Å². The van der Waals surface area contributed by atoms with Gasteiger partial charge in [-0.15, -0.1) is 0 Å². The van der Waals surface area contributed by atoms with Gasteiger partial charge in [-0.05, 0) is 56.0 Å². The van der Waals surface area contributed by atoms with Gasteiger partial charge in [0, 0.05) is 12.1 Å². The fourth-order valence-corrected chi connectivity index (χ4v) is 3.52. The molecule has 1 aliphatic heterocycles. The number of ether oxygens (including phenoxy) is 1. The van der Waals surface area contributed by atoms with Gasteiger partial charge in [-0.1, -0.05) is 24.3 Å². The van der Waals surface area contributed by atoms with Crippen LogP contribution in [0.1, 0.15) is 43.5 Å². The quantitative estimate of drug-likeness (QED) is 0.829. The Morgan fingerprint density at radius 3 is 2.27 bits per heavy atom. The average molecular weight is 297 g/mol. The Bertz CT molecular complexity index is 685. The van der Waals surface area contributed by atoms with Crippen molar-refractivity contribution >= 4 is 16.7 Å². The maximum absolute atomic E-state index is 13.1. The Balaban J connectivity index is 2.05. The minimum atomic E-state index is 0.0855. The van der Waals surface area contributed by atoms with Crippen molar-refractivity contribution in [1.82, 2.24) is 4.90 Å². The van der Waals surface area contributed by atoms with Crippen molar-refractivity contribution in [2.24, 2.45) is 0 Å². The maximum Gasteiger partial charge on any atom is 0.258 e. The lowest BCUT2D eigenvalue weighted by Crippen LogP contribution is -2.47. The summed E-state index contributed by atoms with van der Waals surface area (Å²) in [5, 5.41) is 2.17. The van der Waals surface area contributed by atoms with Crippen molar-refractivity contribution < 1.29 is 9.53 Å². The first-order valence-electron chi connectivity index (χ1n) is 8.01. The van der Waals surface area contributed by atoms with Crippen LogP contribution in [0.25, 0.3) is 10.8 Å². The minimum Gasteiger partial charge on any atom is -0.496 e. The van der Waals surface area contributed by atoms with E-state index in [2.05, 4.69) is 13.8 Å². The van der Waals surface area contributed by atoms with Crippen LogP contribution in [0.2, 0.25) is 0 Å². The van der Waals surface area contributed by atoms with Crippen LogP contribution in [-0.4, -0.2) is 30.0 Å². The summed E-state index contributed by atoms with van der Waals surface area (Å²) in [6, 6.07) is 12.6. The largest absolute Gasteiger partial charge is 0.496 e. The average Bonchev–Trinajstić information content (AvgIpc) is 2.53. The van der Waals surface area contributed by atoms with E-state index in [9.17, 15) is 4.79 Å². The third kappa shape index (κ3) is 2.56. The van der Waals surface area contributed by atoms with E-state index >= 15 is 0 Å². The molecule has 3 heteroatoms. The fraction of sp³-hybridized carbons (Fsp3) is 0.421. The van der Waals surface area contributed by atoms with Gasteiger partial charge < -0.3 is 9.64 Å². The second-order valence-electron chi connectivity index (χ2n) is 6.24. The molecule has 0 saturated carbocycles. The van der Waals surface area contributed by atoms with Gasteiger partial charge in [0.2, 0.25) is 0 Å². The molecule has 1 amide bonds. The van der Waals surface area contributed by atoms with E-state index in [-0.39, 0.29) is 18.0 Å². The number of methoxy groups -OCH3 is 1. The molecule has 3 rings (SSSR count). The molecule has 3 nitrogen and oxygen atoms in total. The molecule has 0 bridgehead atoms. The highest BCUT2D eigenvalue weighted by atomic mass is 16.5. The Kier molecular flexibility index (Phi) is 4.06. The summed E-state index contributed by atoms with van der Waals surface area (Å²) in [4.78, 5) is 15.1. The highest BCUT2D eigenvalue weighted by Gasteiger charge is 2.31. The van der Waals surface area contributed by atoms with Crippen LogP contribution in [0.3, 0.4) is 0 Å². The first-order chi connectivity index (χ1) is 10.6. The van der Waals surface area contributed by atoms with Crippen LogP contribution < -0.4 is 4.74 Å². The zero-order chi connectivity index (χ0) is 15.7. The summed E-state index contributed by atoms with van der Waals surface area (Å²) in [6.07, 6.45) is 3.35. The third-order valence-corrected chi connectivity index (χ3v) is 4.73. The standard InChI is InChI=1S/C19H23NO2/c1-13-7-6-8-14(2)20(13)19(21)17-11-15-9-4-5-10-16(15)12-18(17)22-3/h4-5,9-14H,6-8H2,1-3H3/t13-,14-/m0/s1. The van der Waals surface area contributed by atoms with Crippen molar-refractivity contribution in [3.05, 3.63) is 42.0 Å². The number of likely N-dealkylation sites (tertiary alicyclic amines) is 1. The normalized spacial score (nSPS) is 21.9. The Hall–Kier alpha value is -2.03. The molecular formula is C19H23NO2. The second-order valence-corrected chi connectivity index (χ2v) is 6.24. The van der Waals surface area contributed by atoms with Crippen LogP contribution in [0, 0.1) is 0 Å². The number of carbonyl (C=O) groups is 1. The molecule has 1 heterocycles. The molecule has 2 aromatic carbocycles. The SMILES string of the molecule is COc1cc2ccccc2cc1C(=O)N1[C@@H](C)CCC[C@@H]1C. The first-order valence-corrected chi connectivity index (χ1v) is 8.01. The molecule has 0 spiro atoms. The highest BCUT2D eigenvalue weighted by molar-refractivity contribution is 6.02.